The molecule has 1 aliphatic heterocycles. The molecule has 0 spiro atoms. The first-order valence-corrected chi connectivity index (χ1v) is 4.51. The molecule has 1 fully saturated rings. The van der Waals surface area contributed by atoms with E-state index in [2.05, 4.69) is 0 Å². The normalized spacial score (nSPS) is 20.1. The van der Waals surface area contributed by atoms with Crippen molar-refractivity contribution < 1.29 is 14.3 Å². The molecule has 15 heavy (non-hydrogen) atoms. The second-order valence-electron chi connectivity index (χ2n) is 3.22. The summed E-state index contributed by atoms with van der Waals surface area (Å²) >= 11 is 0. The summed E-state index contributed by atoms with van der Waals surface area (Å²) in [6.45, 7) is 0.179. The zero-order chi connectivity index (χ0) is 10.8. The van der Waals surface area contributed by atoms with E-state index in [0.29, 0.717) is 5.69 Å². The molecule has 1 atom stereocenters. The van der Waals surface area contributed by atoms with Gasteiger partial charge < -0.3 is 10.5 Å². The number of para-hydroxylation sites is 1. The van der Waals surface area contributed by atoms with Gasteiger partial charge >= 0.3 is 6.09 Å². The second kappa shape index (κ2) is 3.61. The van der Waals surface area contributed by atoms with Crippen molar-refractivity contribution in [3.63, 3.8) is 0 Å². The van der Waals surface area contributed by atoms with Gasteiger partial charge in [-0.05, 0) is 12.1 Å². The fourth-order valence-electron chi connectivity index (χ4n) is 1.43. The van der Waals surface area contributed by atoms with Gasteiger partial charge in [0, 0.05) is 5.69 Å². The Morgan fingerprint density at radius 3 is 2.60 bits per heavy atom. The molecule has 0 bridgehead atoms. The zero-order valence-electron chi connectivity index (χ0n) is 7.92. The van der Waals surface area contributed by atoms with E-state index in [1.54, 1.807) is 24.3 Å². The van der Waals surface area contributed by atoms with Crippen LogP contribution in [0.1, 0.15) is 0 Å². The molecule has 2 amide bonds. The summed E-state index contributed by atoms with van der Waals surface area (Å²) in [6.07, 6.45) is -1.39. The highest BCUT2D eigenvalue weighted by Crippen LogP contribution is 2.20. The first-order chi connectivity index (χ1) is 7.18. The number of carbonyl (C=O) groups is 2. The lowest BCUT2D eigenvalue weighted by atomic mass is 10.3. The first kappa shape index (κ1) is 9.51. The van der Waals surface area contributed by atoms with Crippen LogP contribution in [0, 0.1) is 0 Å². The van der Waals surface area contributed by atoms with Crippen molar-refractivity contribution in [2.75, 3.05) is 11.4 Å². The Morgan fingerprint density at radius 2 is 2.07 bits per heavy atom. The van der Waals surface area contributed by atoms with Crippen molar-refractivity contribution in [2.24, 2.45) is 5.73 Å². The van der Waals surface area contributed by atoms with Crippen LogP contribution in [0.25, 0.3) is 0 Å². The van der Waals surface area contributed by atoms with Crippen molar-refractivity contribution in [3.8, 4) is 0 Å². The summed E-state index contributed by atoms with van der Waals surface area (Å²) in [4.78, 5) is 23.6. The number of hydrogen-bond donors (Lipinski definition) is 1. The largest absolute Gasteiger partial charge is 0.434 e. The Hall–Kier alpha value is -2.04. The van der Waals surface area contributed by atoms with E-state index in [4.69, 9.17) is 10.5 Å². The molecule has 1 heterocycles. The molecular weight excluding hydrogens is 196 g/mol. The lowest BCUT2D eigenvalue weighted by molar-refractivity contribution is -0.124. The van der Waals surface area contributed by atoms with E-state index >= 15 is 0 Å². The van der Waals surface area contributed by atoms with Crippen LogP contribution in [0.4, 0.5) is 10.5 Å². The van der Waals surface area contributed by atoms with Gasteiger partial charge in [0.25, 0.3) is 5.91 Å². The Kier molecular flexibility index (Phi) is 2.29. The minimum Gasteiger partial charge on any atom is -0.434 e. The third-order valence-corrected chi connectivity index (χ3v) is 2.20. The average Bonchev–Trinajstić information content (AvgIpc) is 2.62. The Bertz CT molecular complexity index is 391. The van der Waals surface area contributed by atoms with Crippen LogP contribution in [-0.2, 0) is 9.53 Å². The number of carbonyl (C=O) groups excluding carboxylic acids is 2. The molecule has 0 radical (unpaired) electrons. The Labute approximate surface area is 86.4 Å². The van der Waals surface area contributed by atoms with Gasteiger partial charge in [0.05, 0.1) is 6.54 Å². The zero-order valence-corrected chi connectivity index (χ0v) is 7.92. The Morgan fingerprint density at radius 1 is 1.40 bits per heavy atom. The molecule has 0 aromatic heterocycles. The highest BCUT2D eigenvalue weighted by atomic mass is 16.6. The number of anilines is 1. The fraction of sp³-hybridized carbons (Fsp3) is 0.200. The minimum absolute atomic E-state index is 0.179. The SMILES string of the molecule is NC(=O)C1CN(c2ccccc2)C(=O)O1. The molecule has 0 saturated carbocycles. The molecule has 1 aromatic rings. The van der Waals surface area contributed by atoms with Crippen molar-refractivity contribution in [1.82, 2.24) is 0 Å². The van der Waals surface area contributed by atoms with Crippen molar-refractivity contribution >= 4 is 17.7 Å². The topological polar surface area (TPSA) is 72.6 Å². The number of nitrogens with zero attached hydrogens (tertiary/aromatic N) is 1. The molecule has 5 nitrogen and oxygen atoms in total. The molecule has 5 heteroatoms. The third-order valence-electron chi connectivity index (χ3n) is 2.20. The average molecular weight is 206 g/mol. The number of ether oxygens (including phenoxy) is 1. The summed E-state index contributed by atoms with van der Waals surface area (Å²) in [5, 5.41) is 0. The summed E-state index contributed by atoms with van der Waals surface area (Å²) < 4.78 is 4.80. The quantitative estimate of drug-likeness (QED) is 0.765. The van der Waals surface area contributed by atoms with Gasteiger partial charge in [-0.3, -0.25) is 9.69 Å². The summed E-state index contributed by atoms with van der Waals surface area (Å²) in [6, 6.07) is 8.99. The summed E-state index contributed by atoms with van der Waals surface area (Å²) in [5.74, 6) is -0.623. The third kappa shape index (κ3) is 1.76. The van der Waals surface area contributed by atoms with Crippen LogP contribution < -0.4 is 10.6 Å². The van der Waals surface area contributed by atoms with Crippen molar-refractivity contribution in [3.05, 3.63) is 30.3 Å². The molecule has 1 unspecified atom stereocenters. The van der Waals surface area contributed by atoms with Crippen LogP contribution in [0.3, 0.4) is 0 Å². The second-order valence-corrected chi connectivity index (χ2v) is 3.22. The lowest BCUT2D eigenvalue weighted by Gasteiger charge is -2.11. The van der Waals surface area contributed by atoms with E-state index in [1.165, 1.54) is 4.90 Å². The summed E-state index contributed by atoms with van der Waals surface area (Å²) in [7, 11) is 0. The lowest BCUT2D eigenvalue weighted by Crippen LogP contribution is -2.32. The monoisotopic (exact) mass is 206 g/mol. The van der Waals surface area contributed by atoms with Gasteiger partial charge in [-0.2, -0.15) is 0 Å². The van der Waals surface area contributed by atoms with E-state index in [9.17, 15) is 9.59 Å². The molecule has 2 rings (SSSR count). The van der Waals surface area contributed by atoms with Crippen LogP contribution in [-0.4, -0.2) is 24.6 Å². The molecule has 2 N–H and O–H groups in total. The first-order valence-electron chi connectivity index (χ1n) is 4.51. The number of cyclic esters (lactones) is 1. The Balaban J connectivity index is 2.19. The molecule has 0 aliphatic carbocycles. The van der Waals surface area contributed by atoms with Gasteiger partial charge in [-0.25, -0.2) is 4.79 Å². The highest BCUT2D eigenvalue weighted by molar-refractivity contribution is 5.95. The number of primary amides is 1. The van der Waals surface area contributed by atoms with E-state index in [0.717, 1.165) is 0 Å². The molecular formula is C10H10N2O3. The summed E-state index contributed by atoms with van der Waals surface area (Å²) in [5.41, 5.74) is 5.76. The fourth-order valence-corrected chi connectivity index (χ4v) is 1.43. The predicted molar refractivity (Wildman–Crippen MR) is 53.3 cm³/mol. The number of nitrogens with two attached hydrogens (primary N) is 1. The molecule has 1 saturated heterocycles. The van der Waals surface area contributed by atoms with Gasteiger partial charge in [0.15, 0.2) is 6.10 Å². The van der Waals surface area contributed by atoms with Gasteiger partial charge in [0.2, 0.25) is 0 Å². The van der Waals surface area contributed by atoms with Crippen LogP contribution in [0.2, 0.25) is 0 Å². The van der Waals surface area contributed by atoms with E-state index < -0.39 is 18.1 Å². The number of hydrogen-bond acceptors (Lipinski definition) is 3. The standard InChI is InChI=1S/C10H10N2O3/c11-9(13)8-6-12(10(14)15-8)7-4-2-1-3-5-7/h1-5,8H,6H2,(H2,11,13). The van der Waals surface area contributed by atoms with Gasteiger partial charge in [0.1, 0.15) is 0 Å². The minimum atomic E-state index is -0.849. The van der Waals surface area contributed by atoms with E-state index in [1.807, 2.05) is 6.07 Å². The molecule has 1 aliphatic rings. The number of amides is 2. The van der Waals surface area contributed by atoms with Crippen molar-refractivity contribution in [2.45, 2.75) is 6.10 Å². The maximum Gasteiger partial charge on any atom is 0.415 e. The van der Waals surface area contributed by atoms with Gasteiger partial charge in [-0.15, -0.1) is 0 Å². The predicted octanol–water partition coefficient (Wildman–Crippen LogP) is 0.497. The van der Waals surface area contributed by atoms with E-state index in [-0.39, 0.29) is 6.54 Å². The van der Waals surface area contributed by atoms with Crippen molar-refractivity contribution in [1.29, 1.82) is 0 Å². The van der Waals surface area contributed by atoms with Crippen LogP contribution >= 0.6 is 0 Å². The smallest absolute Gasteiger partial charge is 0.415 e. The van der Waals surface area contributed by atoms with Crippen LogP contribution in [0.5, 0.6) is 0 Å². The molecule has 1 aromatic carbocycles. The molecule has 78 valence electrons. The van der Waals surface area contributed by atoms with Gasteiger partial charge in [-0.1, -0.05) is 18.2 Å². The maximum absolute atomic E-state index is 11.4. The maximum atomic E-state index is 11.4. The number of rotatable bonds is 2. The highest BCUT2D eigenvalue weighted by Gasteiger charge is 2.35. The number of benzene rings is 1. The van der Waals surface area contributed by atoms with Crippen LogP contribution in [0.15, 0.2) is 30.3 Å².